The normalized spacial score (nSPS) is 21.0. The molecule has 3 nitrogen and oxygen atoms in total. The lowest BCUT2D eigenvalue weighted by molar-refractivity contribution is -0.117. The molecule has 0 radical (unpaired) electrons. The Morgan fingerprint density at radius 3 is 3.07 bits per heavy atom. The van der Waals surface area contributed by atoms with E-state index in [0.717, 1.165) is 5.56 Å². The van der Waals surface area contributed by atoms with Crippen molar-refractivity contribution in [1.82, 2.24) is 0 Å². The van der Waals surface area contributed by atoms with E-state index in [1.165, 1.54) is 6.07 Å². The van der Waals surface area contributed by atoms with E-state index in [4.69, 9.17) is 5.73 Å². The van der Waals surface area contributed by atoms with E-state index in [1.54, 1.807) is 12.1 Å². The zero-order valence-electron chi connectivity index (χ0n) is 7.59. The first-order chi connectivity index (χ1) is 6.68. The molecule has 0 fully saturated rings. The first-order valence-corrected chi connectivity index (χ1v) is 4.52. The third kappa shape index (κ3) is 1.48. The molecule has 0 aromatic heterocycles. The predicted octanol–water partition coefficient (Wildman–Crippen LogP) is 1.04. The summed E-state index contributed by atoms with van der Waals surface area (Å²) in [7, 11) is 0. The van der Waals surface area contributed by atoms with Crippen LogP contribution in [0.15, 0.2) is 18.2 Å². The number of carbonyl (C=O) groups excluding carboxylic acids is 1. The fraction of sp³-hybridized carbons (Fsp3) is 0.300. The summed E-state index contributed by atoms with van der Waals surface area (Å²) in [4.78, 5) is 11.3. The Kier molecular flexibility index (Phi) is 2.21. The maximum atomic E-state index is 13.3. The largest absolute Gasteiger partial charge is 0.322 e. The number of benzene rings is 1. The lowest BCUT2D eigenvalue weighted by atomic mass is 10.1. The molecule has 1 aliphatic rings. The zero-order chi connectivity index (χ0) is 10.1. The van der Waals surface area contributed by atoms with Crippen molar-refractivity contribution in [3.63, 3.8) is 0 Å². The Morgan fingerprint density at radius 2 is 2.29 bits per heavy atom. The van der Waals surface area contributed by atoms with Crippen LogP contribution < -0.4 is 11.1 Å². The van der Waals surface area contributed by atoms with Crippen molar-refractivity contribution in [2.75, 3.05) is 5.32 Å². The van der Waals surface area contributed by atoms with Gasteiger partial charge in [0, 0.05) is 0 Å². The van der Waals surface area contributed by atoms with E-state index < -0.39 is 11.9 Å². The monoisotopic (exact) mass is 194 g/mol. The number of para-hydroxylation sites is 1. The van der Waals surface area contributed by atoms with Crippen molar-refractivity contribution >= 4 is 11.6 Å². The van der Waals surface area contributed by atoms with Gasteiger partial charge >= 0.3 is 0 Å². The Balaban J connectivity index is 2.43. The molecule has 0 saturated heterocycles. The van der Waals surface area contributed by atoms with Crippen LogP contribution in [-0.2, 0) is 11.2 Å². The van der Waals surface area contributed by atoms with Gasteiger partial charge in [-0.1, -0.05) is 12.1 Å². The number of fused-ring (bicyclic) bond motifs is 1. The first kappa shape index (κ1) is 9.15. The summed E-state index contributed by atoms with van der Waals surface area (Å²) in [6, 6.07) is 4.23. The topological polar surface area (TPSA) is 55.1 Å². The van der Waals surface area contributed by atoms with Gasteiger partial charge in [0.05, 0.1) is 11.7 Å². The van der Waals surface area contributed by atoms with Crippen LogP contribution in [0.4, 0.5) is 10.1 Å². The Hall–Kier alpha value is -1.42. The van der Waals surface area contributed by atoms with Gasteiger partial charge in [-0.25, -0.2) is 4.39 Å². The van der Waals surface area contributed by atoms with E-state index in [2.05, 4.69) is 5.32 Å². The molecule has 2 rings (SSSR count). The van der Waals surface area contributed by atoms with E-state index >= 15 is 0 Å². The van der Waals surface area contributed by atoms with E-state index in [0.29, 0.717) is 12.8 Å². The lowest BCUT2D eigenvalue weighted by Crippen LogP contribution is -2.34. The van der Waals surface area contributed by atoms with Gasteiger partial charge in [-0.3, -0.25) is 4.79 Å². The molecule has 0 bridgehead atoms. The smallest absolute Gasteiger partial charge is 0.241 e. The van der Waals surface area contributed by atoms with Gasteiger partial charge < -0.3 is 11.1 Å². The third-order valence-electron chi connectivity index (χ3n) is 2.41. The minimum Gasteiger partial charge on any atom is -0.322 e. The minimum atomic E-state index is -0.540. The van der Waals surface area contributed by atoms with Crippen LogP contribution in [0, 0.1) is 5.82 Å². The summed E-state index contributed by atoms with van der Waals surface area (Å²) in [5, 5.41) is 2.50. The van der Waals surface area contributed by atoms with Crippen molar-refractivity contribution in [2.24, 2.45) is 5.73 Å². The number of nitrogens with two attached hydrogens (primary N) is 1. The van der Waals surface area contributed by atoms with Gasteiger partial charge in [-0.05, 0) is 24.5 Å². The highest BCUT2D eigenvalue weighted by Crippen LogP contribution is 2.24. The van der Waals surface area contributed by atoms with E-state index in [9.17, 15) is 9.18 Å². The SMILES string of the molecule is NC1CCc2cccc(F)c2NC1=O. The number of aryl methyl sites for hydroxylation is 1. The maximum Gasteiger partial charge on any atom is 0.241 e. The van der Waals surface area contributed by atoms with Crippen molar-refractivity contribution in [3.8, 4) is 0 Å². The highest BCUT2D eigenvalue weighted by atomic mass is 19.1. The molecule has 1 aromatic rings. The molecule has 14 heavy (non-hydrogen) atoms. The molecular weight excluding hydrogens is 183 g/mol. The average molecular weight is 194 g/mol. The summed E-state index contributed by atoms with van der Waals surface area (Å²) in [6.45, 7) is 0. The summed E-state index contributed by atoms with van der Waals surface area (Å²) in [6.07, 6.45) is 1.19. The van der Waals surface area contributed by atoms with Crippen molar-refractivity contribution in [1.29, 1.82) is 0 Å². The minimum absolute atomic E-state index is 0.283. The zero-order valence-corrected chi connectivity index (χ0v) is 7.59. The summed E-state index contributed by atoms with van der Waals surface area (Å²) in [5.41, 5.74) is 6.67. The van der Waals surface area contributed by atoms with Gasteiger partial charge in [-0.2, -0.15) is 0 Å². The fourth-order valence-electron chi connectivity index (χ4n) is 1.58. The van der Waals surface area contributed by atoms with Crippen LogP contribution in [0.2, 0.25) is 0 Å². The van der Waals surface area contributed by atoms with Crippen molar-refractivity contribution in [3.05, 3.63) is 29.6 Å². The van der Waals surface area contributed by atoms with Crippen LogP contribution in [-0.4, -0.2) is 11.9 Å². The second-order valence-corrected chi connectivity index (χ2v) is 3.41. The number of hydrogen-bond donors (Lipinski definition) is 2. The molecule has 1 heterocycles. The van der Waals surface area contributed by atoms with Gasteiger partial charge in [0.25, 0.3) is 0 Å². The summed E-state index contributed by atoms with van der Waals surface area (Å²) in [5.74, 6) is -0.709. The van der Waals surface area contributed by atoms with Gasteiger partial charge in [-0.15, -0.1) is 0 Å². The number of anilines is 1. The predicted molar refractivity (Wildman–Crippen MR) is 51.3 cm³/mol. The molecule has 74 valence electrons. The van der Waals surface area contributed by atoms with Gasteiger partial charge in [0.1, 0.15) is 5.82 Å². The second kappa shape index (κ2) is 3.38. The number of amides is 1. The van der Waals surface area contributed by atoms with Gasteiger partial charge in [0.2, 0.25) is 5.91 Å². The molecular formula is C10H11FN2O. The number of hydrogen-bond acceptors (Lipinski definition) is 2. The van der Waals surface area contributed by atoms with Crippen molar-refractivity contribution in [2.45, 2.75) is 18.9 Å². The molecule has 0 spiro atoms. The average Bonchev–Trinajstić information content (AvgIpc) is 2.30. The van der Waals surface area contributed by atoms with Crippen LogP contribution in [0.1, 0.15) is 12.0 Å². The molecule has 0 saturated carbocycles. The lowest BCUT2D eigenvalue weighted by Gasteiger charge is -2.07. The number of carbonyl (C=O) groups is 1. The van der Waals surface area contributed by atoms with Crippen LogP contribution in [0.25, 0.3) is 0 Å². The quantitative estimate of drug-likeness (QED) is 0.648. The van der Waals surface area contributed by atoms with E-state index in [1.807, 2.05) is 0 Å². The summed E-state index contributed by atoms with van der Waals surface area (Å²) >= 11 is 0. The highest BCUT2D eigenvalue weighted by molar-refractivity contribution is 5.96. The second-order valence-electron chi connectivity index (χ2n) is 3.41. The molecule has 1 unspecified atom stereocenters. The molecule has 1 aromatic carbocycles. The van der Waals surface area contributed by atoms with Crippen LogP contribution >= 0.6 is 0 Å². The Bertz CT molecular complexity index is 378. The van der Waals surface area contributed by atoms with Crippen LogP contribution in [0.3, 0.4) is 0 Å². The Labute approximate surface area is 81.1 Å². The molecule has 1 aliphatic heterocycles. The number of halogens is 1. The highest BCUT2D eigenvalue weighted by Gasteiger charge is 2.21. The molecule has 1 amide bonds. The molecule has 0 aliphatic carbocycles. The molecule has 3 N–H and O–H groups in total. The van der Waals surface area contributed by atoms with Crippen LogP contribution in [0.5, 0.6) is 0 Å². The van der Waals surface area contributed by atoms with Crippen molar-refractivity contribution < 1.29 is 9.18 Å². The first-order valence-electron chi connectivity index (χ1n) is 4.52. The number of nitrogens with one attached hydrogen (secondary N) is 1. The Morgan fingerprint density at radius 1 is 1.50 bits per heavy atom. The molecule has 1 atom stereocenters. The molecule has 4 heteroatoms. The number of rotatable bonds is 0. The third-order valence-corrected chi connectivity index (χ3v) is 2.41. The summed E-state index contributed by atoms with van der Waals surface area (Å²) < 4.78 is 13.3. The maximum absolute atomic E-state index is 13.3. The fourth-order valence-corrected chi connectivity index (χ4v) is 1.58. The van der Waals surface area contributed by atoms with Gasteiger partial charge in [0.15, 0.2) is 0 Å². The standard InChI is InChI=1S/C10H11FN2O/c11-7-3-1-2-6-4-5-8(12)10(14)13-9(6)7/h1-3,8H,4-5,12H2,(H,13,14). The van der Waals surface area contributed by atoms with E-state index in [-0.39, 0.29) is 11.6 Å².